The third kappa shape index (κ3) is 6.33. The van der Waals surface area contributed by atoms with Crippen molar-refractivity contribution in [3.8, 4) is 0 Å². The number of nitrogens with zero attached hydrogens (tertiary/aromatic N) is 2. The number of amides is 1. The van der Waals surface area contributed by atoms with E-state index >= 15 is 0 Å². The van der Waals surface area contributed by atoms with Gasteiger partial charge in [-0.3, -0.25) is 9.36 Å². The number of nitrogens with one attached hydrogen (secondary N) is 1. The second kappa shape index (κ2) is 10.8. The number of hydrogen-bond acceptors (Lipinski definition) is 7. The van der Waals surface area contributed by atoms with E-state index in [2.05, 4.69) is 10.3 Å². The minimum Gasteiger partial charge on any atom is -0.459 e. The van der Waals surface area contributed by atoms with Gasteiger partial charge in [-0.2, -0.15) is 4.98 Å². The first-order valence-electron chi connectivity index (χ1n) is 9.45. The molecule has 1 amide bonds. The standard InChI is InChI=1S/C22H21N3O6/c26-13-18(14-30-21(28)17-9-5-2-6-10-17)31-15-25-12-11-19(24-22(25)29)23-20(27)16-7-3-1-4-8-16/h1-12,18,26H,13-15H2,(H,23,24,27,29)/t18-/m0/s1. The molecule has 9 nitrogen and oxygen atoms in total. The Hall–Kier alpha value is -3.82. The van der Waals surface area contributed by atoms with E-state index in [0.717, 1.165) is 4.57 Å². The molecule has 31 heavy (non-hydrogen) atoms. The molecule has 3 aromatic rings. The number of aliphatic hydroxyl groups excluding tert-OH is 1. The lowest BCUT2D eigenvalue weighted by atomic mass is 10.2. The third-order valence-corrected chi connectivity index (χ3v) is 4.21. The Labute approximate surface area is 177 Å². The van der Waals surface area contributed by atoms with Gasteiger partial charge >= 0.3 is 11.7 Å². The summed E-state index contributed by atoms with van der Waals surface area (Å²) in [6.07, 6.45) is 0.581. The van der Waals surface area contributed by atoms with Crippen LogP contribution in [0.3, 0.4) is 0 Å². The molecule has 2 N–H and O–H groups in total. The molecular weight excluding hydrogens is 402 g/mol. The Bertz CT molecular complexity index is 1070. The van der Waals surface area contributed by atoms with E-state index in [1.54, 1.807) is 60.7 Å². The highest BCUT2D eigenvalue weighted by Gasteiger charge is 2.14. The highest BCUT2D eigenvalue weighted by atomic mass is 16.6. The molecule has 1 atom stereocenters. The van der Waals surface area contributed by atoms with Crippen LogP contribution in [-0.4, -0.2) is 45.9 Å². The van der Waals surface area contributed by atoms with Crippen LogP contribution in [-0.2, 0) is 16.2 Å². The van der Waals surface area contributed by atoms with Crippen molar-refractivity contribution in [2.75, 3.05) is 18.5 Å². The maximum absolute atomic E-state index is 12.2. The fraction of sp³-hybridized carbons (Fsp3) is 0.182. The maximum atomic E-state index is 12.2. The van der Waals surface area contributed by atoms with Gasteiger partial charge in [0.05, 0.1) is 12.2 Å². The summed E-state index contributed by atoms with van der Waals surface area (Å²) in [6, 6.07) is 18.4. The van der Waals surface area contributed by atoms with Gasteiger partial charge in [0.1, 0.15) is 25.3 Å². The molecule has 0 bridgehead atoms. The van der Waals surface area contributed by atoms with Gasteiger partial charge in [-0.05, 0) is 30.3 Å². The first-order chi connectivity index (χ1) is 15.1. The van der Waals surface area contributed by atoms with Crippen molar-refractivity contribution in [1.29, 1.82) is 0 Å². The summed E-state index contributed by atoms with van der Waals surface area (Å²) in [5, 5.41) is 12.0. The number of carbonyl (C=O) groups is 2. The zero-order chi connectivity index (χ0) is 22.1. The molecule has 0 fully saturated rings. The van der Waals surface area contributed by atoms with Crippen LogP contribution in [0.4, 0.5) is 5.82 Å². The van der Waals surface area contributed by atoms with Crippen LogP contribution in [0.5, 0.6) is 0 Å². The number of esters is 1. The minimum absolute atomic E-state index is 0.102. The average molecular weight is 423 g/mol. The van der Waals surface area contributed by atoms with Gasteiger partial charge in [0.15, 0.2) is 0 Å². The quantitative estimate of drug-likeness (QED) is 0.503. The average Bonchev–Trinajstić information content (AvgIpc) is 2.81. The second-order valence-corrected chi connectivity index (χ2v) is 6.45. The lowest BCUT2D eigenvalue weighted by Gasteiger charge is -2.16. The van der Waals surface area contributed by atoms with E-state index in [1.807, 2.05) is 0 Å². The Morgan fingerprint density at radius 1 is 1.00 bits per heavy atom. The van der Waals surface area contributed by atoms with Gasteiger partial charge < -0.3 is 19.9 Å². The molecule has 1 aromatic heterocycles. The molecule has 0 aliphatic heterocycles. The first kappa shape index (κ1) is 21.9. The first-order valence-corrected chi connectivity index (χ1v) is 9.45. The molecule has 1 heterocycles. The molecule has 0 aliphatic carbocycles. The summed E-state index contributed by atoms with van der Waals surface area (Å²) < 4.78 is 11.7. The van der Waals surface area contributed by atoms with Crippen LogP contribution >= 0.6 is 0 Å². The Balaban J connectivity index is 1.52. The van der Waals surface area contributed by atoms with Crippen LogP contribution in [0.2, 0.25) is 0 Å². The highest BCUT2D eigenvalue weighted by Crippen LogP contribution is 2.06. The highest BCUT2D eigenvalue weighted by molar-refractivity contribution is 6.03. The number of benzene rings is 2. The summed E-state index contributed by atoms with van der Waals surface area (Å²) in [5.41, 5.74) is 0.171. The molecule has 3 rings (SSSR count). The number of anilines is 1. The van der Waals surface area contributed by atoms with E-state index in [-0.39, 0.29) is 25.1 Å². The lowest BCUT2D eigenvalue weighted by molar-refractivity contribution is -0.0580. The van der Waals surface area contributed by atoms with Crippen LogP contribution in [0.15, 0.2) is 77.7 Å². The van der Waals surface area contributed by atoms with Crippen LogP contribution in [0.1, 0.15) is 20.7 Å². The van der Waals surface area contributed by atoms with Crippen molar-refractivity contribution < 1.29 is 24.2 Å². The van der Waals surface area contributed by atoms with E-state index in [1.165, 1.54) is 12.3 Å². The number of ether oxygens (including phenoxy) is 2. The summed E-state index contributed by atoms with van der Waals surface area (Å²) in [6.45, 7) is -0.806. The molecule has 160 valence electrons. The normalized spacial score (nSPS) is 11.5. The molecule has 0 saturated heterocycles. The summed E-state index contributed by atoms with van der Waals surface area (Å²) >= 11 is 0. The number of carbonyl (C=O) groups excluding carboxylic acids is 2. The van der Waals surface area contributed by atoms with Crippen LogP contribution in [0.25, 0.3) is 0 Å². The lowest BCUT2D eigenvalue weighted by Crippen LogP contribution is -2.31. The van der Waals surface area contributed by atoms with Crippen molar-refractivity contribution in [2.24, 2.45) is 0 Å². The Morgan fingerprint density at radius 3 is 2.26 bits per heavy atom. The molecule has 2 aromatic carbocycles. The van der Waals surface area contributed by atoms with Crippen molar-refractivity contribution in [3.05, 3.63) is 94.5 Å². The predicted molar refractivity (Wildman–Crippen MR) is 112 cm³/mol. The molecular formula is C22H21N3O6. The van der Waals surface area contributed by atoms with Gasteiger partial charge in [0.25, 0.3) is 5.91 Å². The Morgan fingerprint density at radius 2 is 1.65 bits per heavy atom. The van der Waals surface area contributed by atoms with Crippen molar-refractivity contribution in [1.82, 2.24) is 9.55 Å². The van der Waals surface area contributed by atoms with Gasteiger partial charge in [-0.1, -0.05) is 36.4 Å². The van der Waals surface area contributed by atoms with E-state index in [0.29, 0.717) is 11.1 Å². The number of rotatable bonds is 9. The number of hydrogen-bond donors (Lipinski definition) is 2. The fourth-order valence-corrected chi connectivity index (χ4v) is 2.54. The van der Waals surface area contributed by atoms with Gasteiger partial charge in [0, 0.05) is 11.8 Å². The van der Waals surface area contributed by atoms with Crippen LogP contribution in [0, 0.1) is 0 Å². The topological polar surface area (TPSA) is 120 Å². The predicted octanol–water partition coefficient (Wildman–Crippen LogP) is 1.69. The van der Waals surface area contributed by atoms with E-state index in [4.69, 9.17) is 9.47 Å². The number of aliphatic hydroxyl groups is 1. The smallest absolute Gasteiger partial charge is 0.351 e. The van der Waals surface area contributed by atoms with E-state index in [9.17, 15) is 19.5 Å². The molecule has 0 unspecified atom stereocenters. The Kier molecular flexibility index (Phi) is 7.63. The zero-order valence-electron chi connectivity index (χ0n) is 16.5. The maximum Gasteiger partial charge on any atom is 0.351 e. The number of aromatic nitrogens is 2. The fourth-order valence-electron chi connectivity index (χ4n) is 2.54. The largest absolute Gasteiger partial charge is 0.459 e. The van der Waals surface area contributed by atoms with Crippen molar-refractivity contribution in [2.45, 2.75) is 12.8 Å². The van der Waals surface area contributed by atoms with Gasteiger partial charge in [-0.15, -0.1) is 0 Å². The molecule has 0 saturated carbocycles. The SMILES string of the molecule is O=C(Nc1ccn(CO[C@@H](CO)COC(=O)c2ccccc2)c(=O)n1)c1ccccc1. The second-order valence-electron chi connectivity index (χ2n) is 6.45. The van der Waals surface area contributed by atoms with Gasteiger partial charge in [-0.25, -0.2) is 9.59 Å². The summed E-state index contributed by atoms with van der Waals surface area (Å²) in [5.74, 6) is -0.826. The molecule has 0 spiro atoms. The zero-order valence-corrected chi connectivity index (χ0v) is 16.5. The molecule has 0 radical (unpaired) electrons. The molecule has 9 heteroatoms. The van der Waals surface area contributed by atoms with Gasteiger partial charge in [0.2, 0.25) is 0 Å². The molecule has 0 aliphatic rings. The van der Waals surface area contributed by atoms with Crippen LogP contribution < -0.4 is 11.0 Å². The van der Waals surface area contributed by atoms with Crippen molar-refractivity contribution >= 4 is 17.7 Å². The van der Waals surface area contributed by atoms with E-state index < -0.39 is 24.4 Å². The summed E-state index contributed by atoms with van der Waals surface area (Å²) in [4.78, 5) is 40.1. The summed E-state index contributed by atoms with van der Waals surface area (Å²) in [7, 11) is 0. The van der Waals surface area contributed by atoms with Crippen molar-refractivity contribution in [3.63, 3.8) is 0 Å². The third-order valence-electron chi connectivity index (χ3n) is 4.21. The monoisotopic (exact) mass is 423 g/mol. The minimum atomic E-state index is -0.822.